The highest BCUT2D eigenvalue weighted by Crippen LogP contribution is 2.05. The lowest BCUT2D eigenvalue weighted by Crippen LogP contribution is -2.33. The summed E-state index contributed by atoms with van der Waals surface area (Å²) < 4.78 is 0. The molecule has 0 saturated carbocycles. The van der Waals surface area contributed by atoms with E-state index in [0.717, 1.165) is 5.33 Å². The maximum atomic E-state index is 3.50. The van der Waals surface area contributed by atoms with Gasteiger partial charge >= 0.3 is 0 Å². The number of halogens is 1. The molecule has 2 heteroatoms. The summed E-state index contributed by atoms with van der Waals surface area (Å²) in [6.07, 6.45) is 5.47. The standard InChI is InChI=1S/C11H24BrN/c1-4-5-6-7-9-13(10-8-12)11(2)3/h11H,4-10H2,1-3H3. The predicted octanol–water partition coefficient (Wildman–Crippen LogP) is 3.67. The Morgan fingerprint density at radius 3 is 2.23 bits per heavy atom. The second-order valence-electron chi connectivity index (χ2n) is 3.88. The molecule has 0 radical (unpaired) electrons. The van der Waals surface area contributed by atoms with Crippen molar-refractivity contribution in [1.82, 2.24) is 4.90 Å². The predicted molar refractivity (Wildman–Crippen MR) is 64.6 cm³/mol. The molecule has 0 N–H and O–H groups in total. The smallest absolute Gasteiger partial charge is 0.0159 e. The highest BCUT2D eigenvalue weighted by molar-refractivity contribution is 9.09. The summed E-state index contributed by atoms with van der Waals surface area (Å²) in [5, 5.41) is 1.10. The third-order valence-electron chi connectivity index (χ3n) is 2.40. The van der Waals surface area contributed by atoms with Crippen LogP contribution < -0.4 is 0 Å². The lowest BCUT2D eigenvalue weighted by molar-refractivity contribution is 0.231. The quantitative estimate of drug-likeness (QED) is 0.469. The van der Waals surface area contributed by atoms with Gasteiger partial charge in [0.15, 0.2) is 0 Å². The van der Waals surface area contributed by atoms with Gasteiger partial charge in [-0.1, -0.05) is 42.1 Å². The Bertz CT molecular complexity index is 104. The Morgan fingerprint density at radius 1 is 1.08 bits per heavy atom. The molecule has 0 aromatic rings. The van der Waals surface area contributed by atoms with Crippen LogP contribution in [0.5, 0.6) is 0 Å². The largest absolute Gasteiger partial charge is 0.300 e. The van der Waals surface area contributed by atoms with Crippen LogP contribution in [0.4, 0.5) is 0 Å². The Balaban J connectivity index is 3.45. The minimum atomic E-state index is 0.694. The molecule has 0 amide bonds. The SMILES string of the molecule is CCCCCCN(CCBr)C(C)C. The van der Waals surface area contributed by atoms with Crippen molar-refractivity contribution in [3.05, 3.63) is 0 Å². The molecule has 1 nitrogen and oxygen atoms in total. The summed E-state index contributed by atoms with van der Waals surface area (Å²) in [6, 6.07) is 0.694. The van der Waals surface area contributed by atoms with E-state index < -0.39 is 0 Å². The first-order valence-corrected chi connectivity index (χ1v) is 6.64. The molecule has 0 aliphatic carbocycles. The van der Waals surface area contributed by atoms with Crippen LogP contribution in [0, 0.1) is 0 Å². The number of rotatable bonds is 8. The second-order valence-corrected chi connectivity index (χ2v) is 4.67. The van der Waals surface area contributed by atoms with Gasteiger partial charge in [-0.05, 0) is 26.8 Å². The zero-order valence-corrected chi connectivity index (χ0v) is 10.9. The fraction of sp³-hybridized carbons (Fsp3) is 1.00. The van der Waals surface area contributed by atoms with Gasteiger partial charge in [-0.15, -0.1) is 0 Å². The van der Waals surface area contributed by atoms with Gasteiger partial charge in [-0.25, -0.2) is 0 Å². The van der Waals surface area contributed by atoms with Crippen LogP contribution in [0.15, 0.2) is 0 Å². The molecule has 0 atom stereocenters. The van der Waals surface area contributed by atoms with Gasteiger partial charge in [0.05, 0.1) is 0 Å². The van der Waals surface area contributed by atoms with Crippen LogP contribution >= 0.6 is 15.9 Å². The van der Waals surface area contributed by atoms with Crippen molar-refractivity contribution in [2.45, 2.75) is 52.5 Å². The molecular weight excluding hydrogens is 226 g/mol. The van der Waals surface area contributed by atoms with E-state index in [1.165, 1.54) is 38.8 Å². The van der Waals surface area contributed by atoms with Gasteiger partial charge < -0.3 is 4.90 Å². The lowest BCUT2D eigenvalue weighted by atomic mass is 10.2. The van der Waals surface area contributed by atoms with Crippen LogP contribution in [-0.2, 0) is 0 Å². The minimum absolute atomic E-state index is 0.694. The van der Waals surface area contributed by atoms with Crippen molar-refractivity contribution in [2.75, 3.05) is 18.4 Å². The molecule has 0 rings (SSSR count). The number of nitrogens with zero attached hydrogens (tertiary/aromatic N) is 1. The first kappa shape index (κ1) is 13.4. The van der Waals surface area contributed by atoms with Crippen LogP contribution in [0.1, 0.15) is 46.5 Å². The van der Waals surface area contributed by atoms with Crippen molar-refractivity contribution in [3.63, 3.8) is 0 Å². The van der Waals surface area contributed by atoms with Gasteiger partial charge in [0, 0.05) is 17.9 Å². The first-order chi connectivity index (χ1) is 6.22. The van der Waals surface area contributed by atoms with Crippen molar-refractivity contribution in [1.29, 1.82) is 0 Å². The van der Waals surface area contributed by atoms with Crippen molar-refractivity contribution in [2.24, 2.45) is 0 Å². The van der Waals surface area contributed by atoms with Crippen molar-refractivity contribution >= 4 is 15.9 Å². The maximum Gasteiger partial charge on any atom is 0.0159 e. The van der Waals surface area contributed by atoms with E-state index in [0.29, 0.717) is 6.04 Å². The molecule has 0 fully saturated rings. The van der Waals surface area contributed by atoms with Gasteiger partial charge in [0.1, 0.15) is 0 Å². The maximum absolute atomic E-state index is 3.50. The van der Waals surface area contributed by atoms with Crippen LogP contribution in [0.2, 0.25) is 0 Å². The van der Waals surface area contributed by atoms with Crippen molar-refractivity contribution < 1.29 is 0 Å². The Kier molecular flexibility index (Phi) is 9.32. The van der Waals surface area contributed by atoms with E-state index in [2.05, 4.69) is 41.6 Å². The minimum Gasteiger partial charge on any atom is -0.300 e. The summed E-state index contributed by atoms with van der Waals surface area (Å²) in [7, 11) is 0. The molecular formula is C11H24BrN. The second kappa shape index (κ2) is 9.01. The molecule has 0 aromatic carbocycles. The molecule has 0 unspecified atom stereocenters. The molecule has 0 spiro atoms. The molecule has 0 aliphatic rings. The third kappa shape index (κ3) is 7.51. The summed E-state index contributed by atoms with van der Waals surface area (Å²) in [6.45, 7) is 9.27. The normalized spacial score (nSPS) is 11.5. The Morgan fingerprint density at radius 2 is 1.77 bits per heavy atom. The highest BCUT2D eigenvalue weighted by atomic mass is 79.9. The average Bonchev–Trinajstić information content (AvgIpc) is 2.10. The van der Waals surface area contributed by atoms with E-state index in [4.69, 9.17) is 0 Å². The van der Waals surface area contributed by atoms with Gasteiger partial charge in [0.25, 0.3) is 0 Å². The summed E-state index contributed by atoms with van der Waals surface area (Å²) >= 11 is 3.50. The first-order valence-electron chi connectivity index (χ1n) is 5.52. The van der Waals surface area contributed by atoms with E-state index in [1.807, 2.05) is 0 Å². The number of hydrogen-bond acceptors (Lipinski definition) is 1. The van der Waals surface area contributed by atoms with E-state index in [1.54, 1.807) is 0 Å². The average molecular weight is 250 g/mol. The van der Waals surface area contributed by atoms with Gasteiger partial charge in [-0.3, -0.25) is 0 Å². The summed E-state index contributed by atoms with van der Waals surface area (Å²) in [5.41, 5.74) is 0. The van der Waals surface area contributed by atoms with E-state index in [9.17, 15) is 0 Å². The zero-order valence-electron chi connectivity index (χ0n) is 9.35. The Hall–Kier alpha value is 0.440. The van der Waals surface area contributed by atoms with E-state index >= 15 is 0 Å². The van der Waals surface area contributed by atoms with E-state index in [-0.39, 0.29) is 0 Å². The van der Waals surface area contributed by atoms with Crippen LogP contribution in [0.25, 0.3) is 0 Å². The molecule has 0 saturated heterocycles. The molecule has 13 heavy (non-hydrogen) atoms. The van der Waals surface area contributed by atoms with Gasteiger partial charge in [-0.2, -0.15) is 0 Å². The Labute approximate surface area is 92.0 Å². The summed E-state index contributed by atoms with van der Waals surface area (Å²) in [4.78, 5) is 2.55. The number of hydrogen-bond donors (Lipinski definition) is 0. The zero-order chi connectivity index (χ0) is 10.1. The van der Waals surface area contributed by atoms with Crippen molar-refractivity contribution in [3.8, 4) is 0 Å². The molecule has 0 bridgehead atoms. The molecule has 0 aliphatic heterocycles. The van der Waals surface area contributed by atoms with Crippen LogP contribution in [0.3, 0.4) is 0 Å². The molecule has 0 aromatic heterocycles. The van der Waals surface area contributed by atoms with Gasteiger partial charge in [0.2, 0.25) is 0 Å². The number of unbranched alkanes of at least 4 members (excludes halogenated alkanes) is 3. The summed E-state index contributed by atoms with van der Waals surface area (Å²) in [5.74, 6) is 0. The van der Waals surface area contributed by atoms with Crippen LogP contribution in [-0.4, -0.2) is 29.4 Å². The molecule has 0 heterocycles. The topological polar surface area (TPSA) is 3.24 Å². The third-order valence-corrected chi connectivity index (χ3v) is 2.76. The highest BCUT2D eigenvalue weighted by Gasteiger charge is 2.06. The fourth-order valence-electron chi connectivity index (χ4n) is 1.48. The fourth-order valence-corrected chi connectivity index (χ4v) is 1.93. The monoisotopic (exact) mass is 249 g/mol. The molecule has 80 valence electrons. The number of alkyl halides is 1. The lowest BCUT2D eigenvalue weighted by Gasteiger charge is -2.25.